The molecule has 0 aliphatic carbocycles. The van der Waals surface area contributed by atoms with Crippen molar-refractivity contribution in [2.24, 2.45) is 7.05 Å². The molecule has 0 saturated heterocycles. The summed E-state index contributed by atoms with van der Waals surface area (Å²) < 4.78 is 6.71. The van der Waals surface area contributed by atoms with Crippen molar-refractivity contribution in [1.82, 2.24) is 14.8 Å². The maximum absolute atomic E-state index is 10.9. The van der Waals surface area contributed by atoms with Crippen LogP contribution in [0.3, 0.4) is 0 Å². The van der Waals surface area contributed by atoms with E-state index in [1.807, 2.05) is 0 Å². The van der Waals surface area contributed by atoms with Crippen LogP contribution in [-0.2, 0) is 7.05 Å². The normalized spacial score (nSPS) is 10.3. The number of carboxylic acid groups (broad SMARTS) is 1. The highest BCUT2D eigenvalue weighted by Gasteiger charge is 2.22. The highest BCUT2D eigenvalue weighted by atomic mass is 16.6. The topological polar surface area (TPSA) is 120 Å². The molecular weight excluding hydrogens is 268 g/mol. The van der Waals surface area contributed by atoms with Crippen molar-refractivity contribution in [3.63, 3.8) is 0 Å². The molecule has 0 saturated carbocycles. The third-order valence-electron chi connectivity index (χ3n) is 2.44. The minimum Gasteiger partial charge on any atom is -0.478 e. The number of rotatable bonds is 4. The number of hydrogen-bond donors (Lipinski definition) is 1. The lowest BCUT2D eigenvalue weighted by molar-refractivity contribution is -0.386. The molecule has 0 atom stereocenters. The highest BCUT2D eigenvalue weighted by Crippen LogP contribution is 2.29. The van der Waals surface area contributed by atoms with E-state index < -0.39 is 16.6 Å². The average molecular weight is 278 g/mol. The van der Waals surface area contributed by atoms with Gasteiger partial charge in [0.05, 0.1) is 16.2 Å². The summed E-state index contributed by atoms with van der Waals surface area (Å²) in [4.78, 5) is 24.7. The predicted molar refractivity (Wildman–Crippen MR) is 65.9 cm³/mol. The van der Waals surface area contributed by atoms with Gasteiger partial charge in [-0.15, -0.1) is 0 Å². The van der Waals surface area contributed by atoms with Crippen LogP contribution in [0.15, 0.2) is 18.3 Å². The SMILES string of the molecule is Cc1cc(Oc2ncc(C(=O)O)cc2[N+](=O)[O-])n(C)n1. The van der Waals surface area contributed by atoms with E-state index in [-0.39, 0.29) is 17.3 Å². The lowest BCUT2D eigenvalue weighted by Crippen LogP contribution is -2.03. The Labute approximate surface area is 112 Å². The van der Waals surface area contributed by atoms with Crippen LogP contribution in [-0.4, -0.2) is 30.8 Å². The average Bonchev–Trinajstić information content (AvgIpc) is 2.67. The van der Waals surface area contributed by atoms with Gasteiger partial charge in [0.15, 0.2) is 0 Å². The third kappa shape index (κ3) is 2.55. The van der Waals surface area contributed by atoms with Gasteiger partial charge in [0.25, 0.3) is 0 Å². The number of carboxylic acids is 1. The fraction of sp³-hybridized carbons (Fsp3) is 0.182. The standard InChI is InChI=1S/C11H10N4O5/c1-6-3-9(14(2)13-6)20-10-8(15(18)19)4-7(5-12-10)11(16)17/h3-5H,1-2H3,(H,16,17). The first-order chi connectivity index (χ1) is 9.38. The summed E-state index contributed by atoms with van der Waals surface area (Å²) in [6, 6.07) is 2.48. The van der Waals surface area contributed by atoms with Crippen molar-refractivity contribution >= 4 is 11.7 Å². The van der Waals surface area contributed by atoms with Crippen LogP contribution in [0.25, 0.3) is 0 Å². The quantitative estimate of drug-likeness (QED) is 0.664. The number of nitro groups is 1. The molecule has 0 bridgehead atoms. The number of aryl methyl sites for hydroxylation is 2. The zero-order chi connectivity index (χ0) is 14.9. The maximum Gasteiger partial charge on any atom is 0.337 e. The Kier molecular flexibility index (Phi) is 3.34. The van der Waals surface area contributed by atoms with E-state index in [1.165, 1.54) is 4.68 Å². The van der Waals surface area contributed by atoms with E-state index >= 15 is 0 Å². The van der Waals surface area contributed by atoms with Crippen LogP contribution in [0, 0.1) is 17.0 Å². The summed E-state index contributed by atoms with van der Waals surface area (Å²) in [5, 5.41) is 23.8. The molecule has 9 heteroatoms. The van der Waals surface area contributed by atoms with Gasteiger partial charge < -0.3 is 9.84 Å². The van der Waals surface area contributed by atoms with Gasteiger partial charge in [-0.2, -0.15) is 5.10 Å². The van der Waals surface area contributed by atoms with Crippen LogP contribution in [0.5, 0.6) is 11.8 Å². The second-order valence-electron chi connectivity index (χ2n) is 3.96. The van der Waals surface area contributed by atoms with Crippen LogP contribution < -0.4 is 4.74 Å². The molecule has 2 heterocycles. The number of aromatic nitrogens is 3. The number of carbonyl (C=O) groups is 1. The molecule has 2 aromatic rings. The molecule has 104 valence electrons. The van der Waals surface area contributed by atoms with E-state index in [0.29, 0.717) is 5.69 Å². The minimum absolute atomic E-state index is 0.265. The first kappa shape index (κ1) is 13.5. The zero-order valence-electron chi connectivity index (χ0n) is 10.6. The van der Waals surface area contributed by atoms with Gasteiger partial charge in [0, 0.05) is 25.4 Å². The molecule has 20 heavy (non-hydrogen) atoms. The molecular formula is C11H10N4O5. The first-order valence-electron chi connectivity index (χ1n) is 5.44. The Balaban J connectivity index is 2.43. The summed E-state index contributed by atoms with van der Waals surface area (Å²) in [5.74, 6) is -1.33. The van der Waals surface area contributed by atoms with Gasteiger partial charge in [-0.05, 0) is 6.92 Å². The second kappa shape index (κ2) is 4.96. The molecule has 0 radical (unpaired) electrons. The van der Waals surface area contributed by atoms with E-state index in [1.54, 1.807) is 20.0 Å². The molecule has 0 aliphatic rings. The third-order valence-corrected chi connectivity index (χ3v) is 2.44. The largest absolute Gasteiger partial charge is 0.478 e. The van der Waals surface area contributed by atoms with Gasteiger partial charge in [0.2, 0.25) is 5.88 Å². The molecule has 2 rings (SSSR count). The van der Waals surface area contributed by atoms with Gasteiger partial charge >= 0.3 is 17.5 Å². The number of nitrogens with zero attached hydrogens (tertiary/aromatic N) is 4. The smallest absolute Gasteiger partial charge is 0.337 e. The summed E-state index contributed by atoms with van der Waals surface area (Å²) in [6.07, 6.45) is 0.994. The van der Waals surface area contributed by atoms with Gasteiger partial charge in [0.1, 0.15) is 0 Å². The molecule has 0 aliphatic heterocycles. The van der Waals surface area contributed by atoms with Crippen molar-refractivity contribution in [3.8, 4) is 11.8 Å². The number of hydrogen-bond acceptors (Lipinski definition) is 6. The molecule has 0 aromatic carbocycles. The predicted octanol–water partition coefficient (Wildman–Crippen LogP) is 1.52. The Morgan fingerprint density at radius 2 is 2.20 bits per heavy atom. The van der Waals surface area contributed by atoms with Crippen LogP contribution in [0.2, 0.25) is 0 Å². The lowest BCUT2D eigenvalue weighted by atomic mass is 10.2. The van der Waals surface area contributed by atoms with Crippen LogP contribution in [0.4, 0.5) is 5.69 Å². The van der Waals surface area contributed by atoms with E-state index in [9.17, 15) is 14.9 Å². The molecule has 1 N–H and O–H groups in total. The van der Waals surface area contributed by atoms with Crippen molar-refractivity contribution in [3.05, 3.63) is 39.7 Å². The summed E-state index contributed by atoms with van der Waals surface area (Å²) in [5.41, 5.74) is -0.138. The van der Waals surface area contributed by atoms with Crippen LogP contribution in [0.1, 0.15) is 16.1 Å². The molecule has 0 fully saturated rings. The number of aromatic carboxylic acids is 1. The van der Waals surface area contributed by atoms with Crippen molar-refractivity contribution < 1.29 is 19.6 Å². The van der Waals surface area contributed by atoms with Crippen molar-refractivity contribution in [1.29, 1.82) is 0 Å². The molecule has 2 aromatic heterocycles. The van der Waals surface area contributed by atoms with Crippen molar-refractivity contribution in [2.45, 2.75) is 6.92 Å². The molecule has 0 amide bonds. The number of pyridine rings is 1. The highest BCUT2D eigenvalue weighted by molar-refractivity contribution is 5.88. The second-order valence-corrected chi connectivity index (χ2v) is 3.96. The van der Waals surface area contributed by atoms with Crippen molar-refractivity contribution in [2.75, 3.05) is 0 Å². The fourth-order valence-corrected chi connectivity index (χ4v) is 1.55. The zero-order valence-corrected chi connectivity index (χ0v) is 10.6. The van der Waals surface area contributed by atoms with Gasteiger partial charge in [-0.25, -0.2) is 14.5 Å². The lowest BCUT2D eigenvalue weighted by Gasteiger charge is -2.05. The Morgan fingerprint density at radius 3 is 2.70 bits per heavy atom. The maximum atomic E-state index is 10.9. The summed E-state index contributed by atoms with van der Waals surface area (Å²) >= 11 is 0. The molecule has 9 nitrogen and oxygen atoms in total. The van der Waals surface area contributed by atoms with E-state index in [2.05, 4.69) is 10.1 Å². The Bertz CT molecular complexity index is 694. The van der Waals surface area contributed by atoms with Gasteiger partial charge in [-0.3, -0.25) is 10.1 Å². The monoisotopic (exact) mass is 278 g/mol. The fourth-order valence-electron chi connectivity index (χ4n) is 1.55. The Hall–Kier alpha value is -2.97. The Morgan fingerprint density at radius 1 is 1.50 bits per heavy atom. The van der Waals surface area contributed by atoms with E-state index in [0.717, 1.165) is 12.3 Å². The first-order valence-corrected chi connectivity index (χ1v) is 5.44. The van der Waals surface area contributed by atoms with E-state index in [4.69, 9.17) is 9.84 Å². The number of ether oxygens (including phenoxy) is 1. The summed E-state index contributed by atoms with van der Waals surface area (Å²) in [7, 11) is 1.61. The van der Waals surface area contributed by atoms with Gasteiger partial charge in [-0.1, -0.05) is 0 Å². The summed E-state index contributed by atoms with van der Waals surface area (Å²) in [6.45, 7) is 1.74. The van der Waals surface area contributed by atoms with Crippen LogP contribution >= 0.6 is 0 Å². The minimum atomic E-state index is -1.30. The molecule has 0 spiro atoms. The molecule has 0 unspecified atom stereocenters.